The molecule has 7 nitrogen and oxygen atoms in total. The minimum Gasteiger partial charge on any atom is -0.354 e. The van der Waals surface area contributed by atoms with E-state index in [2.05, 4.69) is 5.32 Å². The number of nitrogens with zero attached hydrogens (tertiary/aromatic N) is 2. The topological polar surface area (TPSA) is 86.8 Å². The zero-order valence-corrected chi connectivity index (χ0v) is 23.2. The van der Waals surface area contributed by atoms with Crippen LogP contribution in [0.25, 0.3) is 10.8 Å². The van der Waals surface area contributed by atoms with E-state index in [0.717, 1.165) is 20.6 Å². The Morgan fingerprint density at radius 3 is 2.24 bits per heavy atom. The fourth-order valence-electron chi connectivity index (χ4n) is 4.00. The number of halogens is 1. The number of likely N-dealkylation sites (N-methyl/N-ethyl adjacent to an activating group) is 1. The molecule has 9 heteroatoms. The summed E-state index contributed by atoms with van der Waals surface area (Å²) in [6, 6.07) is 18.6. The third-order valence-corrected chi connectivity index (χ3v) is 8.18. The van der Waals surface area contributed by atoms with Gasteiger partial charge in [-0.25, -0.2) is 8.42 Å². The molecule has 0 radical (unpaired) electrons. The Balaban J connectivity index is 1.86. The minimum atomic E-state index is -3.94. The van der Waals surface area contributed by atoms with Crippen LogP contribution in [-0.2, 0) is 26.2 Å². The van der Waals surface area contributed by atoms with Crippen LogP contribution in [0.15, 0.2) is 71.6 Å². The van der Waals surface area contributed by atoms with Gasteiger partial charge >= 0.3 is 0 Å². The summed E-state index contributed by atoms with van der Waals surface area (Å²) in [4.78, 5) is 28.2. The fraction of sp³-hybridized carbons (Fsp3) is 0.357. The Labute approximate surface area is 224 Å². The highest BCUT2D eigenvalue weighted by Crippen LogP contribution is 2.22. The second kappa shape index (κ2) is 12.5. The molecule has 0 saturated carbocycles. The van der Waals surface area contributed by atoms with E-state index in [0.29, 0.717) is 18.0 Å². The molecule has 0 spiro atoms. The number of carbonyl (C=O) groups excluding carboxylic acids is 2. The Morgan fingerprint density at radius 2 is 1.62 bits per heavy atom. The molecule has 2 amide bonds. The van der Waals surface area contributed by atoms with Gasteiger partial charge in [0.05, 0.1) is 11.4 Å². The van der Waals surface area contributed by atoms with Gasteiger partial charge in [0.1, 0.15) is 6.04 Å². The molecule has 198 valence electrons. The Hall–Kier alpha value is -2.94. The van der Waals surface area contributed by atoms with Gasteiger partial charge in [-0.2, -0.15) is 4.31 Å². The molecule has 0 aliphatic carbocycles. The highest BCUT2D eigenvalue weighted by molar-refractivity contribution is 7.89. The number of amides is 2. The van der Waals surface area contributed by atoms with Gasteiger partial charge in [-0.05, 0) is 52.9 Å². The van der Waals surface area contributed by atoms with E-state index in [9.17, 15) is 18.0 Å². The number of hydrogen-bond donors (Lipinski definition) is 1. The van der Waals surface area contributed by atoms with Crippen molar-refractivity contribution in [3.63, 3.8) is 0 Å². The van der Waals surface area contributed by atoms with Gasteiger partial charge in [0.2, 0.25) is 21.8 Å². The largest absolute Gasteiger partial charge is 0.354 e. The Bertz CT molecular complexity index is 1340. The molecule has 3 aromatic carbocycles. The second-order valence-electron chi connectivity index (χ2n) is 9.48. The first-order valence-electron chi connectivity index (χ1n) is 12.3. The van der Waals surface area contributed by atoms with Crippen molar-refractivity contribution in [2.75, 3.05) is 20.1 Å². The molecule has 0 unspecified atom stereocenters. The van der Waals surface area contributed by atoms with Crippen molar-refractivity contribution in [2.45, 2.75) is 44.7 Å². The fourth-order valence-corrected chi connectivity index (χ4v) is 5.28. The molecule has 0 heterocycles. The molecule has 0 aliphatic heterocycles. The van der Waals surface area contributed by atoms with E-state index in [-0.39, 0.29) is 23.3 Å². The van der Waals surface area contributed by atoms with Gasteiger partial charge < -0.3 is 10.2 Å². The van der Waals surface area contributed by atoms with Gasteiger partial charge in [-0.15, -0.1) is 0 Å². The van der Waals surface area contributed by atoms with E-state index in [1.54, 1.807) is 42.5 Å². The Kier molecular flexibility index (Phi) is 9.70. The predicted molar refractivity (Wildman–Crippen MR) is 148 cm³/mol. The summed E-state index contributed by atoms with van der Waals surface area (Å²) in [5, 5.41) is 5.18. The number of benzene rings is 3. The molecule has 3 aromatic rings. The summed E-state index contributed by atoms with van der Waals surface area (Å²) < 4.78 is 27.7. The van der Waals surface area contributed by atoms with Crippen LogP contribution in [0.4, 0.5) is 0 Å². The van der Waals surface area contributed by atoms with Crippen molar-refractivity contribution in [3.8, 4) is 0 Å². The van der Waals surface area contributed by atoms with E-state index >= 15 is 0 Å². The van der Waals surface area contributed by atoms with Gasteiger partial charge in [-0.1, -0.05) is 74.8 Å². The van der Waals surface area contributed by atoms with Crippen molar-refractivity contribution >= 4 is 44.2 Å². The SMILES string of the molecule is CC[C@@H](C(=O)NCC(C)C)N(Cc1ccc(Cl)cc1)C(=O)CN(C)S(=O)(=O)c1ccc2ccccc2c1. The molecule has 1 N–H and O–H groups in total. The smallest absolute Gasteiger partial charge is 0.243 e. The summed E-state index contributed by atoms with van der Waals surface area (Å²) in [5.41, 5.74) is 0.785. The molecule has 1 atom stereocenters. The quantitative estimate of drug-likeness (QED) is 0.380. The number of sulfonamides is 1. The van der Waals surface area contributed by atoms with Crippen LogP contribution < -0.4 is 5.32 Å². The highest BCUT2D eigenvalue weighted by atomic mass is 35.5. The molecule has 0 bridgehead atoms. The van der Waals surface area contributed by atoms with Crippen LogP contribution in [0.2, 0.25) is 5.02 Å². The zero-order valence-electron chi connectivity index (χ0n) is 21.6. The summed E-state index contributed by atoms with van der Waals surface area (Å²) >= 11 is 6.02. The molecule has 37 heavy (non-hydrogen) atoms. The van der Waals surface area contributed by atoms with E-state index in [1.165, 1.54) is 11.9 Å². The first-order valence-corrected chi connectivity index (χ1v) is 14.1. The lowest BCUT2D eigenvalue weighted by Crippen LogP contribution is -2.52. The van der Waals surface area contributed by atoms with Crippen LogP contribution in [-0.4, -0.2) is 55.6 Å². The second-order valence-corrected chi connectivity index (χ2v) is 12.0. The third-order valence-electron chi connectivity index (χ3n) is 6.12. The van der Waals surface area contributed by atoms with Gasteiger partial charge in [0, 0.05) is 25.2 Å². The molecule has 0 saturated heterocycles. The average molecular weight is 544 g/mol. The van der Waals surface area contributed by atoms with Gasteiger partial charge in [-0.3, -0.25) is 9.59 Å². The normalized spacial score (nSPS) is 12.6. The van der Waals surface area contributed by atoms with Crippen LogP contribution >= 0.6 is 11.6 Å². The molecule has 0 aromatic heterocycles. The first-order chi connectivity index (χ1) is 17.5. The average Bonchev–Trinajstić information content (AvgIpc) is 2.87. The molecule has 3 rings (SSSR count). The van der Waals surface area contributed by atoms with Crippen molar-refractivity contribution in [2.24, 2.45) is 5.92 Å². The summed E-state index contributed by atoms with van der Waals surface area (Å²) in [5.74, 6) is -0.480. The lowest BCUT2D eigenvalue weighted by Gasteiger charge is -2.32. The van der Waals surface area contributed by atoms with Gasteiger partial charge in [0.15, 0.2) is 0 Å². The van der Waals surface area contributed by atoms with Crippen molar-refractivity contribution in [1.82, 2.24) is 14.5 Å². The van der Waals surface area contributed by atoms with E-state index in [4.69, 9.17) is 11.6 Å². The summed E-state index contributed by atoms with van der Waals surface area (Å²) in [7, 11) is -2.57. The molecular formula is C28H34ClN3O4S. The maximum atomic E-state index is 13.6. The predicted octanol–water partition coefficient (Wildman–Crippen LogP) is 4.69. The van der Waals surface area contributed by atoms with Crippen molar-refractivity contribution in [3.05, 3.63) is 77.3 Å². The summed E-state index contributed by atoms with van der Waals surface area (Å²) in [6.07, 6.45) is 0.379. The van der Waals surface area contributed by atoms with Crippen LogP contribution in [0.5, 0.6) is 0 Å². The molecule has 0 aliphatic rings. The zero-order chi connectivity index (χ0) is 27.2. The van der Waals surface area contributed by atoms with Crippen LogP contribution in [0.3, 0.4) is 0 Å². The van der Waals surface area contributed by atoms with Crippen molar-refractivity contribution < 1.29 is 18.0 Å². The third kappa shape index (κ3) is 7.31. The van der Waals surface area contributed by atoms with E-state index in [1.807, 2.05) is 45.0 Å². The lowest BCUT2D eigenvalue weighted by molar-refractivity contribution is -0.141. The highest BCUT2D eigenvalue weighted by Gasteiger charge is 2.32. The number of rotatable bonds is 11. The van der Waals surface area contributed by atoms with Crippen LogP contribution in [0, 0.1) is 5.92 Å². The monoisotopic (exact) mass is 543 g/mol. The molecule has 0 fully saturated rings. The molecular weight excluding hydrogens is 510 g/mol. The van der Waals surface area contributed by atoms with Crippen molar-refractivity contribution in [1.29, 1.82) is 0 Å². The first kappa shape index (κ1) is 28.6. The number of carbonyl (C=O) groups is 2. The number of fused-ring (bicyclic) bond motifs is 1. The number of nitrogens with one attached hydrogen (secondary N) is 1. The van der Waals surface area contributed by atoms with Crippen LogP contribution in [0.1, 0.15) is 32.8 Å². The maximum absolute atomic E-state index is 13.6. The van der Waals surface area contributed by atoms with Gasteiger partial charge in [0.25, 0.3) is 0 Å². The maximum Gasteiger partial charge on any atom is 0.243 e. The lowest BCUT2D eigenvalue weighted by atomic mass is 10.1. The number of hydrogen-bond acceptors (Lipinski definition) is 4. The Morgan fingerprint density at radius 1 is 0.973 bits per heavy atom. The van der Waals surface area contributed by atoms with E-state index < -0.39 is 28.5 Å². The summed E-state index contributed by atoms with van der Waals surface area (Å²) in [6.45, 7) is 6.03. The standard InChI is InChI=1S/C28H34ClN3O4S/c1-5-26(28(34)30-17-20(2)3)32(18-21-10-13-24(29)14-11-21)27(33)19-31(4)37(35,36)25-15-12-22-8-6-7-9-23(22)16-25/h6-16,20,26H,5,17-19H2,1-4H3,(H,30,34)/t26-/m0/s1. The minimum absolute atomic E-state index is 0.104.